The zero-order valence-corrected chi connectivity index (χ0v) is 15.3. The summed E-state index contributed by atoms with van der Waals surface area (Å²) in [6, 6.07) is 3.78. The zero-order valence-electron chi connectivity index (χ0n) is 14.5. The van der Waals surface area contributed by atoms with E-state index in [1.165, 1.54) is 0 Å². The highest BCUT2D eigenvalue weighted by molar-refractivity contribution is 7.90. The normalized spacial score (nSPS) is 26.8. The number of piperidine rings is 1. The Balaban J connectivity index is 1.32. The Bertz CT molecular complexity index is 682. The van der Waals surface area contributed by atoms with Crippen LogP contribution in [-0.2, 0) is 14.8 Å². The first kappa shape index (κ1) is 17.2. The van der Waals surface area contributed by atoms with Crippen LogP contribution < -0.4 is 4.74 Å². The Morgan fingerprint density at radius 1 is 1.28 bits per heavy atom. The summed E-state index contributed by atoms with van der Waals surface area (Å²) < 4.78 is 38.5. The first-order valence-corrected chi connectivity index (χ1v) is 10.8. The molecule has 0 amide bonds. The summed E-state index contributed by atoms with van der Waals surface area (Å²) in [5.74, 6) is 1.23. The molecule has 138 valence electrons. The highest BCUT2D eigenvalue weighted by Gasteiger charge is 2.49. The summed E-state index contributed by atoms with van der Waals surface area (Å²) in [5.41, 5.74) is -0.159. The van der Waals surface area contributed by atoms with Gasteiger partial charge in [0, 0.05) is 25.9 Å². The molecule has 3 aliphatic rings. The number of pyridine rings is 1. The third-order valence-electron chi connectivity index (χ3n) is 5.84. The molecule has 1 saturated carbocycles. The van der Waals surface area contributed by atoms with E-state index in [2.05, 4.69) is 4.98 Å². The van der Waals surface area contributed by atoms with Crippen molar-refractivity contribution in [1.29, 1.82) is 0 Å². The van der Waals surface area contributed by atoms with E-state index in [0.29, 0.717) is 25.6 Å². The van der Waals surface area contributed by atoms with E-state index in [4.69, 9.17) is 9.47 Å². The molecule has 1 aliphatic carbocycles. The molecule has 3 heterocycles. The van der Waals surface area contributed by atoms with Crippen molar-refractivity contribution in [2.45, 2.75) is 49.4 Å². The monoisotopic (exact) mass is 366 g/mol. The van der Waals surface area contributed by atoms with E-state index < -0.39 is 10.0 Å². The largest absolute Gasteiger partial charge is 0.492 e. The van der Waals surface area contributed by atoms with Gasteiger partial charge in [-0.05, 0) is 56.6 Å². The number of nitrogens with zero attached hydrogens (tertiary/aromatic N) is 2. The number of rotatable bonds is 6. The smallest absolute Gasteiger partial charge is 0.216 e. The molecule has 0 radical (unpaired) electrons. The fraction of sp³-hybridized carbons (Fsp3) is 0.722. The van der Waals surface area contributed by atoms with Crippen molar-refractivity contribution in [2.24, 2.45) is 5.92 Å². The molecular weight excluding hydrogens is 340 g/mol. The maximum Gasteiger partial charge on any atom is 0.216 e. The van der Waals surface area contributed by atoms with Crippen molar-refractivity contribution in [1.82, 2.24) is 9.29 Å². The van der Waals surface area contributed by atoms with Gasteiger partial charge in [-0.25, -0.2) is 12.7 Å². The molecule has 1 aromatic heterocycles. The summed E-state index contributed by atoms with van der Waals surface area (Å²) in [4.78, 5) is 4.06. The van der Waals surface area contributed by atoms with Crippen molar-refractivity contribution < 1.29 is 17.9 Å². The molecule has 0 aromatic carbocycles. The van der Waals surface area contributed by atoms with Gasteiger partial charge < -0.3 is 9.47 Å². The molecule has 4 rings (SSSR count). The fourth-order valence-electron chi connectivity index (χ4n) is 4.19. The summed E-state index contributed by atoms with van der Waals surface area (Å²) >= 11 is 0. The summed E-state index contributed by atoms with van der Waals surface area (Å²) in [7, 11) is -3.06. The summed E-state index contributed by atoms with van der Waals surface area (Å²) in [6.07, 6.45) is 8.69. The molecule has 1 atom stereocenters. The maximum atomic E-state index is 12.4. The van der Waals surface area contributed by atoms with Crippen LogP contribution in [0.1, 0.15) is 38.5 Å². The van der Waals surface area contributed by atoms with Crippen LogP contribution in [-0.4, -0.2) is 54.9 Å². The van der Waals surface area contributed by atoms with Gasteiger partial charge in [-0.3, -0.25) is 4.98 Å². The second-order valence-corrected chi connectivity index (χ2v) is 9.58. The van der Waals surface area contributed by atoms with E-state index >= 15 is 0 Å². The van der Waals surface area contributed by atoms with Crippen LogP contribution in [0.15, 0.2) is 24.5 Å². The second kappa shape index (κ2) is 6.85. The van der Waals surface area contributed by atoms with Crippen LogP contribution in [0.4, 0.5) is 0 Å². The van der Waals surface area contributed by atoms with E-state index in [0.717, 1.165) is 50.9 Å². The zero-order chi connectivity index (χ0) is 17.3. The third-order valence-corrected chi connectivity index (χ3v) is 8.24. The topological polar surface area (TPSA) is 68.7 Å². The molecule has 6 nitrogen and oxygen atoms in total. The van der Waals surface area contributed by atoms with Crippen molar-refractivity contribution in [3.63, 3.8) is 0 Å². The maximum absolute atomic E-state index is 12.4. The second-order valence-electron chi connectivity index (χ2n) is 7.37. The number of sulfonamides is 1. The molecular formula is C18H26N2O4S. The van der Waals surface area contributed by atoms with Gasteiger partial charge in [-0.2, -0.15) is 0 Å². The standard InChI is InChI=1S/C18H26N2O4S/c21-25(22,17-3-4-17)20-10-7-18(8-11-20)15(6-13-24-18)5-12-23-16-2-1-9-19-14-16/h1-2,9,14-15,17H,3-8,10-13H2/t15-/m1/s1. The molecule has 0 bridgehead atoms. The third kappa shape index (κ3) is 3.55. The van der Waals surface area contributed by atoms with Gasteiger partial charge in [0.1, 0.15) is 5.75 Å². The highest BCUT2D eigenvalue weighted by atomic mass is 32.2. The summed E-state index contributed by atoms with van der Waals surface area (Å²) in [5, 5.41) is -0.116. The fourth-order valence-corrected chi connectivity index (χ4v) is 6.04. The predicted octanol–water partition coefficient (Wildman–Crippen LogP) is 2.21. The molecule has 7 heteroatoms. The Morgan fingerprint density at radius 3 is 2.76 bits per heavy atom. The van der Waals surface area contributed by atoms with Crippen molar-refractivity contribution >= 4 is 10.0 Å². The first-order valence-electron chi connectivity index (χ1n) is 9.26. The molecule has 25 heavy (non-hydrogen) atoms. The van der Waals surface area contributed by atoms with Crippen LogP contribution in [0, 0.1) is 5.92 Å². The first-order chi connectivity index (χ1) is 12.1. The van der Waals surface area contributed by atoms with Crippen molar-refractivity contribution in [3.05, 3.63) is 24.5 Å². The number of ether oxygens (including phenoxy) is 2. The van der Waals surface area contributed by atoms with Gasteiger partial charge in [0.25, 0.3) is 0 Å². The lowest BCUT2D eigenvalue weighted by Crippen LogP contribution is -2.50. The average molecular weight is 366 g/mol. The van der Waals surface area contributed by atoms with Crippen LogP contribution in [0.5, 0.6) is 5.75 Å². The van der Waals surface area contributed by atoms with Crippen LogP contribution in [0.25, 0.3) is 0 Å². The minimum absolute atomic E-state index is 0.116. The molecule has 2 aliphatic heterocycles. The van der Waals surface area contributed by atoms with Crippen molar-refractivity contribution in [3.8, 4) is 5.75 Å². The Morgan fingerprint density at radius 2 is 2.08 bits per heavy atom. The Hall–Kier alpha value is -1.18. The van der Waals surface area contributed by atoms with Gasteiger partial charge in [0.2, 0.25) is 10.0 Å². The molecule has 3 fully saturated rings. The van der Waals surface area contributed by atoms with E-state index in [1.807, 2.05) is 12.1 Å². The highest BCUT2D eigenvalue weighted by Crippen LogP contribution is 2.44. The predicted molar refractivity (Wildman–Crippen MR) is 93.9 cm³/mol. The van der Waals surface area contributed by atoms with Gasteiger partial charge in [-0.15, -0.1) is 0 Å². The Labute approximate surface area is 149 Å². The van der Waals surface area contributed by atoms with Crippen LogP contribution in [0.2, 0.25) is 0 Å². The SMILES string of the molecule is O=S(=O)(C1CC1)N1CCC2(CC1)OCC[C@H]2CCOc1cccnc1. The lowest BCUT2D eigenvalue weighted by molar-refractivity contribution is -0.0589. The van der Waals surface area contributed by atoms with Gasteiger partial charge in [-0.1, -0.05) is 0 Å². The molecule has 1 aromatic rings. The van der Waals surface area contributed by atoms with E-state index in [1.54, 1.807) is 16.7 Å². The molecule has 2 saturated heterocycles. The number of hydrogen-bond donors (Lipinski definition) is 0. The van der Waals surface area contributed by atoms with Gasteiger partial charge in [0.05, 0.1) is 23.7 Å². The summed E-state index contributed by atoms with van der Waals surface area (Å²) in [6.45, 7) is 2.61. The van der Waals surface area contributed by atoms with Gasteiger partial charge in [0.15, 0.2) is 0 Å². The van der Waals surface area contributed by atoms with Crippen LogP contribution >= 0.6 is 0 Å². The van der Waals surface area contributed by atoms with E-state index in [9.17, 15) is 8.42 Å². The lowest BCUT2D eigenvalue weighted by Gasteiger charge is -2.41. The van der Waals surface area contributed by atoms with Gasteiger partial charge >= 0.3 is 0 Å². The number of aromatic nitrogens is 1. The quantitative estimate of drug-likeness (QED) is 0.772. The number of hydrogen-bond acceptors (Lipinski definition) is 5. The molecule has 1 spiro atoms. The Kier molecular flexibility index (Phi) is 4.73. The van der Waals surface area contributed by atoms with E-state index in [-0.39, 0.29) is 10.9 Å². The minimum Gasteiger partial charge on any atom is -0.492 e. The average Bonchev–Trinajstić information content (AvgIpc) is 3.42. The lowest BCUT2D eigenvalue weighted by atomic mass is 9.78. The minimum atomic E-state index is -3.06. The van der Waals surface area contributed by atoms with Crippen LogP contribution in [0.3, 0.4) is 0 Å². The molecule has 0 unspecified atom stereocenters. The van der Waals surface area contributed by atoms with Crippen molar-refractivity contribution in [2.75, 3.05) is 26.3 Å². The molecule has 0 N–H and O–H groups in total.